The van der Waals surface area contributed by atoms with Gasteiger partial charge in [-0.15, -0.1) is 0 Å². The van der Waals surface area contributed by atoms with E-state index in [0.29, 0.717) is 11.5 Å². The molecule has 82 valence electrons. The van der Waals surface area contributed by atoms with Crippen LogP contribution in [0.2, 0.25) is 0 Å². The smallest absolute Gasteiger partial charge is 0.0374 e. The summed E-state index contributed by atoms with van der Waals surface area (Å²) < 4.78 is 0. The van der Waals surface area contributed by atoms with Gasteiger partial charge in [-0.2, -0.15) is 0 Å². The van der Waals surface area contributed by atoms with Crippen molar-refractivity contribution in [2.75, 3.05) is 6.54 Å². The molecule has 1 aromatic carbocycles. The van der Waals surface area contributed by atoms with Crippen LogP contribution < -0.4 is 5.32 Å². The van der Waals surface area contributed by atoms with Crippen LogP contribution in [0.15, 0.2) is 24.3 Å². The van der Waals surface area contributed by atoms with Gasteiger partial charge in [-0.1, -0.05) is 43.7 Å². The summed E-state index contributed by atoms with van der Waals surface area (Å²) in [6, 6.07) is 9.45. The van der Waals surface area contributed by atoms with E-state index >= 15 is 0 Å². The fraction of sp³-hybridized carbons (Fsp3) is 0.571. The van der Waals surface area contributed by atoms with E-state index in [1.54, 1.807) is 0 Å². The maximum absolute atomic E-state index is 3.63. The highest BCUT2D eigenvalue weighted by atomic mass is 14.9. The molecule has 1 atom stereocenters. The number of nitrogens with one attached hydrogen (secondary N) is 1. The average Bonchev–Trinajstić information content (AvgIpc) is 2.94. The molecule has 1 unspecified atom stereocenters. The fourth-order valence-corrected chi connectivity index (χ4v) is 2.31. The third-order valence-corrected chi connectivity index (χ3v) is 3.52. The number of hydrogen-bond donors (Lipinski definition) is 1. The molecule has 0 bridgehead atoms. The summed E-state index contributed by atoms with van der Waals surface area (Å²) in [6.45, 7) is 7.80. The van der Waals surface area contributed by atoms with Crippen LogP contribution in [0.25, 0.3) is 0 Å². The van der Waals surface area contributed by atoms with Crippen molar-refractivity contribution in [1.82, 2.24) is 5.32 Å². The van der Waals surface area contributed by atoms with Crippen LogP contribution in [0, 0.1) is 12.3 Å². The molecule has 2 rings (SSSR count). The molecule has 1 fully saturated rings. The highest BCUT2D eigenvalue weighted by molar-refractivity contribution is 5.28. The van der Waals surface area contributed by atoms with Gasteiger partial charge in [0.1, 0.15) is 0 Å². The normalized spacial score (nSPS) is 19.9. The molecule has 0 aromatic heterocycles. The lowest BCUT2D eigenvalue weighted by atomic mass is 9.91. The summed E-state index contributed by atoms with van der Waals surface area (Å²) >= 11 is 0. The molecule has 1 aromatic rings. The maximum atomic E-state index is 3.63. The van der Waals surface area contributed by atoms with Gasteiger partial charge in [0, 0.05) is 6.04 Å². The molecule has 0 amide bonds. The monoisotopic (exact) mass is 203 g/mol. The molecule has 1 aliphatic carbocycles. The second-order valence-corrected chi connectivity index (χ2v) is 5.06. The minimum Gasteiger partial charge on any atom is -0.310 e. The molecule has 1 aliphatic rings. The van der Waals surface area contributed by atoms with Crippen LogP contribution in [0.3, 0.4) is 0 Å². The molecule has 0 radical (unpaired) electrons. The van der Waals surface area contributed by atoms with E-state index in [0.717, 1.165) is 6.54 Å². The second kappa shape index (κ2) is 3.97. The molecule has 1 nitrogen and oxygen atoms in total. The van der Waals surface area contributed by atoms with E-state index in [1.807, 2.05) is 0 Å². The number of benzene rings is 1. The largest absolute Gasteiger partial charge is 0.310 e. The summed E-state index contributed by atoms with van der Waals surface area (Å²) in [5, 5.41) is 3.63. The lowest BCUT2D eigenvalue weighted by Crippen LogP contribution is -2.27. The van der Waals surface area contributed by atoms with Gasteiger partial charge in [-0.25, -0.2) is 0 Å². The first-order valence-corrected chi connectivity index (χ1v) is 5.96. The number of rotatable bonds is 4. The zero-order valence-corrected chi connectivity index (χ0v) is 10.0. The zero-order valence-electron chi connectivity index (χ0n) is 10.0. The Kier molecular flexibility index (Phi) is 2.83. The molecule has 1 heteroatoms. The number of aryl methyl sites for hydroxylation is 1. The first-order valence-electron chi connectivity index (χ1n) is 5.96. The Labute approximate surface area is 92.9 Å². The molecular formula is C14H21N. The van der Waals surface area contributed by atoms with Crippen molar-refractivity contribution in [2.45, 2.75) is 39.7 Å². The lowest BCUT2D eigenvalue weighted by Gasteiger charge is -2.25. The van der Waals surface area contributed by atoms with E-state index in [-0.39, 0.29) is 0 Å². The van der Waals surface area contributed by atoms with Crippen molar-refractivity contribution in [3.05, 3.63) is 35.4 Å². The van der Waals surface area contributed by atoms with Crippen LogP contribution in [-0.2, 0) is 0 Å². The number of hydrogen-bond acceptors (Lipinski definition) is 1. The average molecular weight is 203 g/mol. The Hall–Kier alpha value is -0.820. The molecule has 0 saturated heterocycles. The van der Waals surface area contributed by atoms with Crippen LogP contribution in [0.1, 0.15) is 43.9 Å². The van der Waals surface area contributed by atoms with Crippen LogP contribution in [0.4, 0.5) is 0 Å². The van der Waals surface area contributed by atoms with Crippen molar-refractivity contribution in [3.63, 3.8) is 0 Å². The summed E-state index contributed by atoms with van der Waals surface area (Å²) in [4.78, 5) is 0. The predicted octanol–water partition coefficient (Wildman–Crippen LogP) is 3.45. The summed E-state index contributed by atoms with van der Waals surface area (Å²) in [7, 11) is 0. The Balaban J connectivity index is 2.24. The Morgan fingerprint density at radius 2 is 2.13 bits per heavy atom. The van der Waals surface area contributed by atoms with E-state index in [2.05, 4.69) is 50.4 Å². The van der Waals surface area contributed by atoms with Crippen molar-refractivity contribution in [2.24, 2.45) is 5.41 Å². The van der Waals surface area contributed by atoms with Gasteiger partial charge >= 0.3 is 0 Å². The Bertz CT molecular complexity index is 339. The van der Waals surface area contributed by atoms with Gasteiger partial charge in [0.15, 0.2) is 0 Å². The predicted molar refractivity (Wildman–Crippen MR) is 64.9 cm³/mol. The second-order valence-electron chi connectivity index (χ2n) is 5.06. The Morgan fingerprint density at radius 3 is 2.67 bits per heavy atom. The van der Waals surface area contributed by atoms with Gasteiger partial charge in [0.25, 0.3) is 0 Å². The molecule has 0 aliphatic heterocycles. The zero-order chi connectivity index (χ0) is 10.9. The first kappa shape index (κ1) is 10.7. The summed E-state index contributed by atoms with van der Waals surface area (Å²) in [6.07, 6.45) is 2.72. The quantitative estimate of drug-likeness (QED) is 0.790. The molecule has 0 spiro atoms. The van der Waals surface area contributed by atoms with Crippen LogP contribution in [0.5, 0.6) is 0 Å². The van der Waals surface area contributed by atoms with Crippen LogP contribution >= 0.6 is 0 Å². The van der Waals surface area contributed by atoms with Gasteiger partial charge in [-0.05, 0) is 37.3 Å². The topological polar surface area (TPSA) is 12.0 Å². The van der Waals surface area contributed by atoms with Gasteiger partial charge in [0.2, 0.25) is 0 Å². The minimum atomic E-state index is 0.504. The van der Waals surface area contributed by atoms with Gasteiger partial charge in [-0.3, -0.25) is 0 Å². The molecule has 0 heterocycles. The van der Waals surface area contributed by atoms with E-state index < -0.39 is 0 Å². The van der Waals surface area contributed by atoms with Gasteiger partial charge < -0.3 is 5.32 Å². The molecule has 1 saturated carbocycles. The summed E-state index contributed by atoms with van der Waals surface area (Å²) in [5.74, 6) is 0. The van der Waals surface area contributed by atoms with E-state index in [4.69, 9.17) is 0 Å². The maximum Gasteiger partial charge on any atom is 0.0374 e. The SMILES string of the molecule is CCNC(c1cccc(C)c1)C1(C)CC1. The van der Waals surface area contributed by atoms with Crippen molar-refractivity contribution in [3.8, 4) is 0 Å². The standard InChI is InChI=1S/C14H21N/c1-4-15-13(14(3)8-9-14)12-7-5-6-11(2)10-12/h5-7,10,13,15H,4,8-9H2,1-3H3. The Morgan fingerprint density at radius 1 is 1.40 bits per heavy atom. The molecule has 15 heavy (non-hydrogen) atoms. The lowest BCUT2D eigenvalue weighted by molar-refractivity contribution is 0.373. The highest BCUT2D eigenvalue weighted by Crippen LogP contribution is 2.54. The summed E-state index contributed by atoms with van der Waals surface area (Å²) in [5.41, 5.74) is 3.32. The third-order valence-electron chi connectivity index (χ3n) is 3.52. The highest BCUT2D eigenvalue weighted by Gasteiger charge is 2.44. The molecule has 1 N–H and O–H groups in total. The first-order chi connectivity index (χ1) is 7.15. The van der Waals surface area contributed by atoms with Gasteiger partial charge in [0.05, 0.1) is 0 Å². The van der Waals surface area contributed by atoms with E-state index in [1.165, 1.54) is 24.0 Å². The van der Waals surface area contributed by atoms with Crippen molar-refractivity contribution < 1.29 is 0 Å². The fourth-order valence-electron chi connectivity index (χ4n) is 2.31. The third kappa shape index (κ3) is 2.23. The minimum absolute atomic E-state index is 0.504. The van der Waals surface area contributed by atoms with E-state index in [9.17, 15) is 0 Å². The molecular weight excluding hydrogens is 182 g/mol. The van der Waals surface area contributed by atoms with Crippen LogP contribution in [-0.4, -0.2) is 6.54 Å². The van der Waals surface area contributed by atoms with Crippen molar-refractivity contribution >= 4 is 0 Å². The van der Waals surface area contributed by atoms with Crippen molar-refractivity contribution in [1.29, 1.82) is 0 Å².